The predicted molar refractivity (Wildman–Crippen MR) is 120 cm³/mol. The molecule has 1 aromatic carbocycles. The fraction of sp³-hybridized carbons (Fsp3) is 0.409. The molecule has 0 atom stereocenters. The zero-order valence-electron chi connectivity index (χ0n) is 16.7. The van der Waals surface area contributed by atoms with Crippen molar-refractivity contribution < 1.29 is 9.21 Å². The SMILES string of the molecule is O=C(CSc1nnc(-c2ccco2)n1C1CCCCC1)N1CCSc2ccccc21. The quantitative estimate of drug-likeness (QED) is 0.503. The van der Waals surface area contributed by atoms with Crippen molar-refractivity contribution in [3.63, 3.8) is 0 Å². The van der Waals surface area contributed by atoms with Crippen LogP contribution in [0.4, 0.5) is 5.69 Å². The summed E-state index contributed by atoms with van der Waals surface area (Å²) in [5, 5.41) is 9.69. The van der Waals surface area contributed by atoms with Gasteiger partial charge in [-0.1, -0.05) is 43.2 Å². The number of thioether (sulfide) groups is 2. The number of aromatic nitrogens is 3. The van der Waals surface area contributed by atoms with Gasteiger partial charge in [-0.3, -0.25) is 9.36 Å². The highest BCUT2D eigenvalue weighted by Gasteiger charge is 2.27. The third kappa shape index (κ3) is 3.90. The Morgan fingerprint density at radius 2 is 2.00 bits per heavy atom. The summed E-state index contributed by atoms with van der Waals surface area (Å²) in [5.41, 5.74) is 1.02. The lowest BCUT2D eigenvalue weighted by molar-refractivity contribution is -0.116. The van der Waals surface area contributed by atoms with E-state index in [9.17, 15) is 4.79 Å². The molecule has 0 unspecified atom stereocenters. The molecule has 2 aliphatic rings. The van der Waals surface area contributed by atoms with Crippen LogP contribution in [-0.4, -0.2) is 38.7 Å². The van der Waals surface area contributed by atoms with E-state index in [-0.39, 0.29) is 5.91 Å². The fourth-order valence-corrected chi connectivity index (χ4v) is 6.13. The van der Waals surface area contributed by atoms with Gasteiger partial charge in [0.05, 0.1) is 17.7 Å². The van der Waals surface area contributed by atoms with Crippen molar-refractivity contribution in [3.8, 4) is 11.6 Å². The molecule has 8 heteroatoms. The molecule has 30 heavy (non-hydrogen) atoms. The summed E-state index contributed by atoms with van der Waals surface area (Å²) >= 11 is 3.29. The molecule has 1 aliphatic carbocycles. The standard InChI is InChI=1S/C22H24N4O2S2/c27-20(25-12-14-29-19-11-5-4-9-17(19)25)15-30-22-24-23-21(18-10-6-13-28-18)26(22)16-7-2-1-3-8-16/h4-6,9-11,13,16H,1-3,7-8,12,14-15H2. The number of fused-ring (bicyclic) bond motifs is 1. The first-order valence-corrected chi connectivity index (χ1v) is 12.4. The van der Waals surface area contributed by atoms with Gasteiger partial charge in [-0.05, 0) is 37.1 Å². The van der Waals surface area contributed by atoms with Crippen LogP contribution >= 0.6 is 23.5 Å². The van der Waals surface area contributed by atoms with Gasteiger partial charge in [0.15, 0.2) is 10.9 Å². The number of benzene rings is 1. The van der Waals surface area contributed by atoms with Crippen LogP contribution in [0.2, 0.25) is 0 Å². The molecule has 2 aromatic heterocycles. The Kier molecular flexibility index (Phi) is 5.86. The normalized spacial score (nSPS) is 17.1. The largest absolute Gasteiger partial charge is 0.461 e. The molecule has 0 N–H and O–H groups in total. The first-order chi connectivity index (χ1) is 14.8. The van der Waals surface area contributed by atoms with Crippen molar-refractivity contribution in [2.24, 2.45) is 0 Å². The smallest absolute Gasteiger partial charge is 0.237 e. The number of nitrogens with zero attached hydrogens (tertiary/aromatic N) is 4. The Balaban J connectivity index is 1.37. The van der Waals surface area contributed by atoms with E-state index in [1.165, 1.54) is 35.9 Å². The van der Waals surface area contributed by atoms with Crippen LogP contribution in [0.1, 0.15) is 38.1 Å². The van der Waals surface area contributed by atoms with E-state index >= 15 is 0 Å². The molecule has 1 fully saturated rings. The maximum atomic E-state index is 13.1. The topological polar surface area (TPSA) is 64.2 Å². The van der Waals surface area contributed by atoms with Crippen LogP contribution < -0.4 is 4.90 Å². The molecule has 0 radical (unpaired) electrons. The molecule has 1 saturated carbocycles. The van der Waals surface area contributed by atoms with E-state index in [2.05, 4.69) is 20.8 Å². The van der Waals surface area contributed by atoms with Gasteiger partial charge in [-0.15, -0.1) is 22.0 Å². The number of anilines is 1. The van der Waals surface area contributed by atoms with E-state index < -0.39 is 0 Å². The monoisotopic (exact) mass is 440 g/mol. The summed E-state index contributed by atoms with van der Waals surface area (Å²) in [6.07, 6.45) is 7.60. The second-order valence-electron chi connectivity index (χ2n) is 7.60. The summed E-state index contributed by atoms with van der Waals surface area (Å²) in [5.74, 6) is 2.89. The fourth-order valence-electron chi connectivity index (χ4n) is 4.25. The molecule has 0 saturated heterocycles. The summed E-state index contributed by atoms with van der Waals surface area (Å²) in [6.45, 7) is 0.744. The van der Waals surface area contributed by atoms with Gasteiger partial charge in [0.2, 0.25) is 11.7 Å². The summed E-state index contributed by atoms with van der Waals surface area (Å²) < 4.78 is 7.82. The van der Waals surface area contributed by atoms with Gasteiger partial charge in [-0.25, -0.2) is 0 Å². The van der Waals surface area contributed by atoms with Crippen molar-refractivity contribution in [2.75, 3.05) is 23.0 Å². The average Bonchev–Trinajstić information content (AvgIpc) is 3.47. The van der Waals surface area contributed by atoms with Crippen molar-refractivity contribution in [1.29, 1.82) is 0 Å². The molecule has 3 aromatic rings. The number of hydrogen-bond donors (Lipinski definition) is 0. The van der Waals surface area contributed by atoms with Gasteiger partial charge in [0, 0.05) is 23.2 Å². The van der Waals surface area contributed by atoms with E-state index in [0.717, 1.165) is 47.6 Å². The van der Waals surface area contributed by atoms with Crippen molar-refractivity contribution in [2.45, 2.75) is 48.2 Å². The van der Waals surface area contributed by atoms with Crippen molar-refractivity contribution in [1.82, 2.24) is 14.8 Å². The molecule has 3 heterocycles. The average molecular weight is 441 g/mol. The summed E-state index contributed by atoms with van der Waals surface area (Å²) in [6, 6.07) is 12.3. The number of carbonyl (C=O) groups is 1. The molecule has 0 bridgehead atoms. The minimum absolute atomic E-state index is 0.116. The Labute approximate surface area is 184 Å². The molecule has 1 amide bonds. The summed E-state index contributed by atoms with van der Waals surface area (Å²) in [4.78, 5) is 16.2. The molecule has 0 spiro atoms. The van der Waals surface area contributed by atoms with E-state index in [1.54, 1.807) is 6.26 Å². The minimum atomic E-state index is 0.116. The lowest BCUT2D eigenvalue weighted by Gasteiger charge is -2.29. The number of rotatable bonds is 5. The number of carbonyl (C=O) groups excluding carboxylic acids is 1. The highest BCUT2D eigenvalue weighted by atomic mass is 32.2. The third-order valence-electron chi connectivity index (χ3n) is 5.70. The number of amides is 1. The zero-order valence-corrected chi connectivity index (χ0v) is 18.3. The van der Waals surface area contributed by atoms with Gasteiger partial charge in [0.1, 0.15) is 0 Å². The Bertz CT molecular complexity index is 1010. The van der Waals surface area contributed by atoms with Gasteiger partial charge < -0.3 is 9.32 Å². The molecular weight excluding hydrogens is 416 g/mol. The Hall–Kier alpha value is -2.19. The highest BCUT2D eigenvalue weighted by Crippen LogP contribution is 2.37. The van der Waals surface area contributed by atoms with Gasteiger partial charge in [-0.2, -0.15) is 0 Å². The van der Waals surface area contributed by atoms with Crippen LogP contribution in [0.15, 0.2) is 57.1 Å². The molecule has 156 valence electrons. The van der Waals surface area contributed by atoms with E-state index in [0.29, 0.717) is 11.8 Å². The first-order valence-electron chi connectivity index (χ1n) is 10.4. The third-order valence-corrected chi connectivity index (χ3v) is 7.67. The number of para-hydroxylation sites is 1. The molecular formula is C22H24N4O2S2. The minimum Gasteiger partial charge on any atom is -0.461 e. The number of hydrogen-bond acceptors (Lipinski definition) is 6. The van der Waals surface area contributed by atoms with E-state index in [4.69, 9.17) is 4.42 Å². The highest BCUT2D eigenvalue weighted by molar-refractivity contribution is 8.00. The first kappa shape index (κ1) is 19.8. The van der Waals surface area contributed by atoms with Crippen LogP contribution in [0.25, 0.3) is 11.6 Å². The molecule has 1 aliphatic heterocycles. The van der Waals surface area contributed by atoms with Gasteiger partial charge >= 0.3 is 0 Å². The van der Waals surface area contributed by atoms with Crippen molar-refractivity contribution in [3.05, 3.63) is 42.7 Å². The van der Waals surface area contributed by atoms with Crippen molar-refractivity contribution >= 4 is 35.1 Å². The maximum absolute atomic E-state index is 13.1. The van der Waals surface area contributed by atoms with Crippen LogP contribution in [0.3, 0.4) is 0 Å². The lowest BCUT2D eigenvalue weighted by atomic mass is 9.95. The summed E-state index contributed by atoms with van der Waals surface area (Å²) in [7, 11) is 0. The zero-order chi connectivity index (χ0) is 20.3. The van der Waals surface area contributed by atoms with E-state index in [1.807, 2.05) is 47.0 Å². The van der Waals surface area contributed by atoms with Crippen LogP contribution in [-0.2, 0) is 4.79 Å². The predicted octanol–water partition coefficient (Wildman–Crippen LogP) is 5.27. The molecule has 6 nitrogen and oxygen atoms in total. The lowest BCUT2D eigenvalue weighted by Crippen LogP contribution is -2.36. The van der Waals surface area contributed by atoms with Gasteiger partial charge in [0.25, 0.3) is 0 Å². The second kappa shape index (κ2) is 8.89. The second-order valence-corrected chi connectivity index (χ2v) is 9.67. The van der Waals surface area contributed by atoms with Crippen LogP contribution in [0.5, 0.6) is 0 Å². The Morgan fingerprint density at radius 3 is 2.83 bits per heavy atom. The molecule has 5 rings (SSSR count). The van der Waals surface area contributed by atoms with Crippen LogP contribution in [0, 0.1) is 0 Å². The number of furan rings is 1. The Morgan fingerprint density at radius 1 is 1.13 bits per heavy atom. The maximum Gasteiger partial charge on any atom is 0.237 e.